The van der Waals surface area contributed by atoms with E-state index in [1.807, 2.05) is 61.5 Å². The Morgan fingerprint density at radius 2 is 1.59 bits per heavy atom. The lowest BCUT2D eigenvalue weighted by molar-refractivity contribution is -0.144. The molecule has 7 nitrogen and oxygen atoms in total. The number of anilines is 1. The Kier molecular flexibility index (Phi) is 5.24. The van der Waals surface area contributed by atoms with Crippen LogP contribution in [0.5, 0.6) is 0 Å². The number of imide groups is 2. The lowest BCUT2D eigenvalue weighted by Crippen LogP contribution is -2.51. The van der Waals surface area contributed by atoms with Gasteiger partial charge in [-0.2, -0.15) is 0 Å². The third-order valence-electron chi connectivity index (χ3n) is 7.83. The van der Waals surface area contributed by atoms with Crippen LogP contribution in [-0.4, -0.2) is 39.1 Å². The third-order valence-corrected chi connectivity index (χ3v) is 8.07. The van der Waals surface area contributed by atoms with Gasteiger partial charge in [0.15, 0.2) is 0 Å². The van der Waals surface area contributed by atoms with E-state index in [0.29, 0.717) is 10.7 Å². The van der Waals surface area contributed by atoms with Crippen molar-refractivity contribution in [2.75, 3.05) is 4.90 Å². The predicted octanol–water partition coefficient (Wildman–Crippen LogP) is 4.73. The Labute approximate surface area is 219 Å². The maximum atomic E-state index is 14.1. The highest BCUT2D eigenvalue weighted by Crippen LogP contribution is 2.58. The quantitative estimate of drug-likeness (QED) is 0.373. The molecule has 0 spiro atoms. The molecule has 0 radical (unpaired) electrons. The number of aryl methyl sites for hydroxylation is 1. The zero-order valence-corrected chi connectivity index (χ0v) is 21.1. The third kappa shape index (κ3) is 3.27. The average Bonchev–Trinajstić information content (AvgIpc) is 3.37. The smallest absolute Gasteiger partial charge is 0.301 e. The Hall–Kier alpha value is -3.97. The molecule has 0 N–H and O–H groups in total. The number of hydrogen-bond donors (Lipinski definition) is 0. The summed E-state index contributed by atoms with van der Waals surface area (Å²) in [6.45, 7) is 3.65. The van der Waals surface area contributed by atoms with E-state index in [0.717, 1.165) is 21.6 Å². The molecule has 3 aliphatic heterocycles. The predicted molar refractivity (Wildman–Crippen MR) is 137 cm³/mol. The van der Waals surface area contributed by atoms with Gasteiger partial charge in [-0.3, -0.25) is 19.3 Å². The highest BCUT2D eigenvalue weighted by Gasteiger charge is 2.75. The highest BCUT2D eigenvalue weighted by molar-refractivity contribution is 6.32. The number of nitrogens with zero attached hydrogens (tertiary/aromatic N) is 3. The molecule has 186 valence electrons. The van der Waals surface area contributed by atoms with Crippen LogP contribution in [0, 0.1) is 18.8 Å². The molecule has 0 bridgehead atoms. The Morgan fingerprint density at radius 3 is 2.30 bits per heavy atom. The molecule has 3 aromatic carbocycles. The summed E-state index contributed by atoms with van der Waals surface area (Å²) >= 11 is 6.18. The number of rotatable bonds is 4. The molecule has 4 atom stereocenters. The summed E-state index contributed by atoms with van der Waals surface area (Å²) in [5.74, 6) is -3.20. The van der Waals surface area contributed by atoms with Crippen molar-refractivity contribution >= 4 is 41.0 Å². The minimum atomic E-state index is -1.53. The molecule has 3 heterocycles. The van der Waals surface area contributed by atoms with Gasteiger partial charge in [0, 0.05) is 5.02 Å². The second kappa shape index (κ2) is 8.28. The van der Waals surface area contributed by atoms with Gasteiger partial charge in [-0.25, -0.2) is 9.69 Å². The SMILES string of the molecule is Cc1cccc([C@@H]2[C@@H]3C(=O)N(Cc4ccccc4)C(=O)[C@@H]3[C@]3(C)C(=O)N(c4cccc(Cl)c4)C(=O)N23)c1. The second-order valence-electron chi connectivity index (χ2n) is 10.0. The van der Waals surface area contributed by atoms with Crippen molar-refractivity contribution in [2.24, 2.45) is 11.8 Å². The molecule has 5 amide bonds. The second-order valence-corrected chi connectivity index (χ2v) is 10.5. The van der Waals surface area contributed by atoms with E-state index in [4.69, 9.17) is 11.6 Å². The van der Waals surface area contributed by atoms with E-state index in [9.17, 15) is 19.2 Å². The van der Waals surface area contributed by atoms with Crippen LogP contribution in [0.25, 0.3) is 0 Å². The van der Waals surface area contributed by atoms with Crippen molar-refractivity contribution in [1.82, 2.24) is 9.80 Å². The summed E-state index contributed by atoms with van der Waals surface area (Å²) in [5, 5.41) is 0.379. The number of carbonyl (C=O) groups is 4. The largest absolute Gasteiger partial charge is 0.332 e. The zero-order valence-electron chi connectivity index (χ0n) is 20.3. The highest BCUT2D eigenvalue weighted by atomic mass is 35.5. The molecule has 3 saturated heterocycles. The first kappa shape index (κ1) is 23.4. The van der Waals surface area contributed by atoms with Crippen molar-refractivity contribution in [2.45, 2.75) is 32.0 Å². The van der Waals surface area contributed by atoms with Crippen molar-refractivity contribution in [3.05, 3.63) is 101 Å². The lowest BCUT2D eigenvalue weighted by Gasteiger charge is -2.32. The topological polar surface area (TPSA) is 78.0 Å². The van der Waals surface area contributed by atoms with Crippen molar-refractivity contribution in [3.63, 3.8) is 0 Å². The van der Waals surface area contributed by atoms with Crippen LogP contribution in [0.15, 0.2) is 78.9 Å². The van der Waals surface area contributed by atoms with E-state index in [1.165, 1.54) is 9.80 Å². The lowest BCUT2D eigenvalue weighted by atomic mass is 9.79. The number of fused-ring (bicyclic) bond motifs is 3. The van der Waals surface area contributed by atoms with Crippen LogP contribution < -0.4 is 4.90 Å². The number of amides is 5. The normalized spacial score (nSPS) is 26.8. The molecular formula is C29H24ClN3O4. The summed E-state index contributed by atoms with van der Waals surface area (Å²) in [4.78, 5) is 59.6. The first-order valence-electron chi connectivity index (χ1n) is 12.1. The van der Waals surface area contributed by atoms with Gasteiger partial charge >= 0.3 is 6.03 Å². The fourth-order valence-electron chi connectivity index (χ4n) is 6.21. The van der Waals surface area contributed by atoms with Crippen LogP contribution in [0.3, 0.4) is 0 Å². The fraction of sp³-hybridized carbons (Fsp3) is 0.241. The summed E-state index contributed by atoms with van der Waals surface area (Å²) in [5.41, 5.74) is 1.28. The number of urea groups is 1. The maximum Gasteiger partial charge on any atom is 0.332 e. The molecule has 3 fully saturated rings. The monoisotopic (exact) mass is 513 g/mol. The molecule has 3 aliphatic rings. The van der Waals surface area contributed by atoms with Crippen molar-refractivity contribution in [3.8, 4) is 0 Å². The van der Waals surface area contributed by atoms with Gasteiger partial charge in [0.25, 0.3) is 5.91 Å². The molecule has 0 unspecified atom stereocenters. The van der Waals surface area contributed by atoms with E-state index in [2.05, 4.69) is 0 Å². The first-order chi connectivity index (χ1) is 17.7. The van der Waals surface area contributed by atoms with E-state index >= 15 is 0 Å². The van der Waals surface area contributed by atoms with Gasteiger partial charge in [0.1, 0.15) is 5.54 Å². The molecule has 0 aliphatic carbocycles. The van der Waals surface area contributed by atoms with Gasteiger partial charge in [-0.1, -0.05) is 77.8 Å². The molecule has 0 aromatic heterocycles. The number of halogens is 1. The average molecular weight is 514 g/mol. The number of carbonyl (C=O) groups excluding carboxylic acids is 4. The van der Waals surface area contributed by atoms with Crippen LogP contribution in [0.4, 0.5) is 10.5 Å². The number of benzene rings is 3. The zero-order chi connectivity index (χ0) is 26.1. The summed E-state index contributed by atoms with van der Waals surface area (Å²) < 4.78 is 0. The van der Waals surface area contributed by atoms with Crippen LogP contribution in [0.2, 0.25) is 5.02 Å². The van der Waals surface area contributed by atoms with Gasteiger partial charge in [0.2, 0.25) is 11.8 Å². The van der Waals surface area contributed by atoms with Gasteiger partial charge in [0.05, 0.1) is 30.1 Å². The fourth-order valence-corrected chi connectivity index (χ4v) is 6.39. The van der Waals surface area contributed by atoms with E-state index < -0.39 is 41.3 Å². The van der Waals surface area contributed by atoms with Crippen LogP contribution >= 0.6 is 11.6 Å². The van der Waals surface area contributed by atoms with Gasteiger partial charge in [-0.15, -0.1) is 0 Å². The van der Waals surface area contributed by atoms with Crippen LogP contribution in [-0.2, 0) is 20.9 Å². The molecule has 37 heavy (non-hydrogen) atoms. The molecule has 0 saturated carbocycles. The Balaban J connectivity index is 1.50. The van der Waals surface area contributed by atoms with Gasteiger partial charge < -0.3 is 4.90 Å². The molecule has 8 heteroatoms. The molecule has 6 rings (SSSR count). The number of likely N-dealkylation sites (tertiary alicyclic amines) is 1. The van der Waals surface area contributed by atoms with E-state index in [1.54, 1.807) is 31.2 Å². The summed E-state index contributed by atoms with van der Waals surface area (Å²) in [6, 6.07) is 22.0. The van der Waals surface area contributed by atoms with Gasteiger partial charge in [-0.05, 0) is 43.2 Å². The maximum absolute atomic E-state index is 14.1. The summed E-state index contributed by atoms with van der Waals surface area (Å²) in [7, 11) is 0. The van der Waals surface area contributed by atoms with Crippen LogP contribution in [0.1, 0.15) is 29.7 Å². The minimum absolute atomic E-state index is 0.113. The van der Waals surface area contributed by atoms with E-state index in [-0.39, 0.29) is 12.5 Å². The summed E-state index contributed by atoms with van der Waals surface area (Å²) in [6.07, 6.45) is 0. The Bertz CT molecular complexity index is 1470. The standard InChI is InChI=1S/C29H24ClN3O4/c1-17-8-6-11-19(14-17)24-22-23(26(35)31(25(22)34)16-18-9-4-3-5-10-18)29(2)27(36)32(28(37)33(24)29)21-13-7-12-20(30)15-21/h3-15,22-24H,16H2,1-2H3/t22-,23-,24-,29-/m1/s1. The minimum Gasteiger partial charge on any atom is -0.301 e. The Morgan fingerprint density at radius 1 is 0.865 bits per heavy atom. The van der Waals surface area contributed by atoms with Crippen molar-refractivity contribution in [1.29, 1.82) is 0 Å². The molecule has 3 aromatic rings. The number of hydrogen-bond acceptors (Lipinski definition) is 4. The first-order valence-corrected chi connectivity index (χ1v) is 12.5. The molecular weight excluding hydrogens is 490 g/mol. The van der Waals surface area contributed by atoms with Crippen molar-refractivity contribution < 1.29 is 19.2 Å².